The van der Waals surface area contributed by atoms with Gasteiger partial charge in [-0.3, -0.25) is 4.79 Å². The minimum atomic E-state index is -6.33. The highest BCUT2D eigenvalue weighted by atomic mass is 127. The van der Waals surface area contributed by atoms with E-state index in [1.807, 2.05) is 45.2 Å². The lowest BCUT2D eigenvalue weighted by molar-refractivity contribution is -0.348. The molecule has 0 spiro atoms. The number of alkyl halides is 8. The number of halogens is 9. The van der Waals surface area contributed by atoms with Crippen molar-refractivity contribution >= 4 is 60.9 Å². The van der Waals surface area contributed by atoms with Gasteiger partial charge in [-0.15, -0.1) is 0 Å². The Labute approximate surface area is 276 Å². The number of amides is 1. The normalized spacial score (nSPS) is 29.7. The highest BCUT2D eigenvalue weighted by Gasteiger charge is 2.74. The number of carbonyl (C=O) groups excluding carboxylic acids is 1. The van der Waals surface area contributed by atoms with Crippen molar-refractivity contribution in [3.63, 3.8) is 0 Å². The van der Waals surface area contributed by atoms with Gasteiger partial charge in [-0.05, 0) is 114 Å². The first kappa shape index (κ1) is 34.1. The highest BCUT2D eigenvalue weighted by Crippen LogP contribution is 2.57. The van der Waals surface area contributed by atoms with Crippen LogP contribution in [0.5, 0.6) is 0 Å². The van der Waals surface area contributed by atoms with Gasteiger partial charge < -0.3 is 14.4 Å². The molecule has 0 bridgehead atoms. The zero-order chi connectivity index (χ0) is 32.7. The Morgan fingerprint density at radius 3 is 2.07 bits per heavy atom. The van der Waals surface area contributed by atoms with E-state index in [1.165, 1.54) is 17.0 Å². The Bertz CT molecular complexity index is 1560. The van der Waals surface area contributed by atoms with Crippen molar-refractivity contribution in [1.29, 1.82) is 0 Å². The van der Waals surface area contributed by atoms with E-state index >= 15 is 4.39 Å². The van der Waals surface area contributed by atoms with E-state index in [2.05, 4.69) is 0 Å². The molecule has 2 atom stereocenters. The van der Waals surface area contributed by atoms with Gasteiger partial charge in [-0.2, -0.15) is 26.3 Å². The SMILES string of the molecule is CC1(I)OCC(C)(C(=O)N2CC[C@@]3(S(=O)(=O)c4ccc(I)cc4)c4ccc(C(F)(C(F)(F)F)C(F)(F)F)cc4CC[C@@H]23)CO1. The molecule has 0 unspecified atom stereocenters. The number of benzene rings is 2. The molecule has 5 rings (SSSR count). The lowest BCUT2D eigenvalue weighted by Gasteiger charge is -2.46. The van der Waals surface area contributed by atoms with Crippen LogP contribution in [0.25, 0.3) is 0 Å². The maximum absolute atomic E-state index is 15.0. The molecule has 2 aromatic rings. The van der Waals surface area contributed by atoms with Crippen LogP contribution in [-0.4, -0.2) is 61.2 Å². The van der Waals surface area contributed by atoms with Crippen molar-refractivity contribution in [2.24, 2.45) is 5.41 Å². The Hall–Kier alpha value is -1.25. The van der Waals surface area contributed by atoms with Crippen LogP contribution in [0.2, 0.25) is 0 Å². The minimum Gasteiger partial charge on any atom is -0.341 e. The van der Waals surface area contributed by atoms with Crippen LogP contribution in [0.15, 0.2) is 47.4 Å². The Balaban J connectivity index is 1.66. The summed E-state index contributed by atoms with van der Waals surface area (Å²) in [4.78, 5) is 15.3. The Kier molecular flexibility index (Phi) is 8.45. The molecule has 0 radical (unpaired) electrons. The maximum Gasteiger partial charge on any atom is 0.435 e. The monoisotopic (exact) mass is 875 g/mol. The van der Waals surface area contributed by atoms with Crippen LogP contribution < -0.4 is 0 Å². The molecule has 2 heterocycles. The lowest BCUT2D eigenvalue weighted by Crippen LogP contribution is -2.58. The summed E-state index contributed by atoms with van der Waals surface area (Å²) in [5.41, 5.74) is -8.76. The summed E-state index contributed by atoms with van der Waals surface area (Å²) < 4.78 is 135. The van der Waals surface area contributed by atoms with Gasteiger partial charge in [0.05, 0.1) is 29.6 Å². The number of hydrogen-bond donors (Lipinski definition) is 0. The number of carbonyl (C=O) groups is 1. The van der Waals surface area contributed by atoms with E-state index in [-0.39, 0.29) is 55.0 Å². The quantitative estimate of drug-likeness (QED) is 0.189. The number of nitrogens with zero attached hydrogens (tertiary/aromatic N) is 1. The third kappa shape index (κ3) is 5.16. The number of hydrogen-bond acceptors (Lipinski definition) is 5. The summed E-state index contributed by atoms with van der Waals surface area (Å²) in [5, 5.41) is 0. The standard InChI is InChI=1S/C28H26F7I2NO5S/c1-23(14-42-24(2,37)43-15-23)22(39)38-12-11-25(44(40,41)19-7-5-18(36)6-8-19)20-9-4-17(13-16(20)3-10-21(25)38)26(29,27(30,31)32)28(33,34)35/h4-9,13,21H,3,10-12,14-15H2,1-2H3/t21-,23?,24?,25-/m1/s1. The van der Waals surface area contributed by atoms with Crippen LogP contribution in [0, 0.1) is 8.99 Å². The van der Waals surface area contributed by atoms with Gasteiger partial charge in [0.2, 0.25) is 9.70 Å². The summed E-state index contributed by atoms with van der Waals surface area (Å²) in [6.07, 6.45) is -13.1. The highest BCUT2D eigenvalue weighted by molar-refractivity contribution is 14.1. The molecule has 16 heteroatoms. The molecule has 1 aliphatic carbocycles. The molecule has 6 nitrogen and oxygen atoms in total. The van der Waals surface area contributed by atoms with E-state index in [4.69, 9.17) is 9.47 Å². The fourth-order valence-corrected chi connectivity index (χ4v) is 9.46. The molecule has 2 fully saturated rings. The first-order valence-electron chi connectivity index (χ1n) is 13.4. The van der Waals surface area contributed by atoms with Crippen molar-refractivity contribution in [2.75, 3.05) is 19.8 Å². The molecular formula is C28H26F7I2NO5S. The molecule has 2 aliphatic heterocycles. The number of ether oxygens (including phenoxy) is 2. The smallest absolute Gasteiger partial charge is 0.341 e. The molecule has 0 aromatic heterocycles. The van der Waals surface area contributed by atoms with Crippen molar-refractivity contribution < 1.29 is 53.4 Å². The number of likely N-dealkylation sites (tertiary alicyclic amines) is 1. The van der Waals surface area contributed by atoms with Crippen LogP contribution in [0.4, 0.5) is 30.7 Å². The van der Waals surface area contributed by atoms with E-state index in [1.54, 1.807) is 26.0 Å². The van der Waals surface area contributed by atoms with Crippen LogP contribution in [0.1, 0.15) is 43.4 Å². The molecule has 2 saturated heterocycles. The summed E-state index contributed by atoms with van der Waals surface area (Å²) in [6.45, 7) is 3.16. The average molecular weight is 875 g/mol. The van der Waals surface area contributed by atoms with Crippen molar-refractivity contribution in [1.82, 2.24) is 4.90 Å². The summed E-state index contributed by atoms with van der Waals surface area (Å²) >= 11 is 3.91. The van der Waals surface area contributed by atoms with Gasteiger partial charge in [-0.25, -0.2) is 12.8 Å². The van der Waals surface area contributed by atoms with E-state index in [0.717, 1.165) is 9.64 Å². The molecule has 242 valence electrons. The predicted molar refractivity (Wildman–Crippen MR) is 160 cm³/mol. The van der Waals surface area contributed by atoms with E-state index in [0.29, 0.717) is 12.1 Å². The Morgan fingerprint density at radius 1 is 0.955 bits per heavy atom. The zero-order valence-electron chi connectivity index (χ0n) is 23.2. The van der Waals surface area contributed by atoms with Crippen molar-refractivity contribution in [3.05, 3.63) is 62.7 Å². The van der Waals surface area contributed by atoms with Crippen LogP contribution in [0.3, 0.4) is 0 Å². The summed E-state index contributed by atoms with van der Waals surface area (Å²) in [7, 11) is -4.43. The zero-order valence-corrected chi connectivity index (χ0v) is 28.3. The second kappa shape index (κ2) is 10.9. The Morgan fingerprint density at radius 2 is 1.52 bits per heavy atom. The molecule has 2 aromatic carbocycles. The largest absolute Gasteiger partial charge is 0.435 e. The van der Waals surface area contributed by atoms with Gasteiger partial charge in [0, 0.05) is 15.7 Å². The van der Waals surface area contributed by atoms with Gasteiger partial charge in [0.25, 0.3) is 0 Å². The molecular weight excluding hydrogens is 849 g/mol. The third-order valence-electron chi connectivity index (χ3n) is 8.74. The van der Waals surface area contributed by atoms with Crippen molar-refractivity contribution in [3.8, 4) is 0 Å². The fourth-order valence-electron chi connectivity index (χ4n) is 6.43. The topological polar surface area (TPSA) is 72.9 Å². The lowest BCUT2D eigenvalue weighted by atomic mass is 9.76. The minimum absolute atomic E-state index is 0.0290. The van der Waals surface area contributed by atoms with E-state index < -0.39 is 59.3 Å². The molecule has 1 amide bonds. The fraction of sp³-hybridized carbons (Fsp3) is 0.536. The average Bonchev–Trinajstić information content (AvgIpc) is 3.34. The number of aryl methyl sites for hydroxylation is 1. The van der Waals surface area contributed by atoms with Crippen LogP contribution in [-0.2, 0) is 40.9 Å². The first-order valence-corrected chi connectivity index (χ1v) is 17.0. The first-order chi connectivity index (χ1) is 20.1. The molecule has 0 N–H and O–H groups in total. The molecule has 3 aliphatic rings. The number of fused-ring (bicyclic) bond motifs is 3. The van der Waals surface area contributed by atoms with Crippen molar-refractivity contribution in [2.45, 2.75) is 70.6 Å². The summed E-state index contributed by atoms with van der Waals surface area (Å²) in [6, 6.07) is 6.46. The van der Waals surface area contributed by atoms with E-state index in [9.17, 15) is 39.6 Å². The summed E-state index contributed by atoms with van der Waals surface area (Å²) in [5.74, 6) is -0.453. The van der Waals surface area contributed by atoms with Gasteiger partial charge in [0.15, 0.2) is 9.84 Å². The van der Waals surface area contributed by atoms with Gasteiger partial charge >= 0.3 is 18.0 Å². The second-order valence-corrected chi connectivity index (χ2v) is 17.1. The number of rotatable bonds is 4. The maximum atomic E-state index is 15.0. The van der Waals surface area contributed by atoms with Gasteiger partial charge in [0.1, 0.15) is 4.75 Å². The molecule has 0 saturated carbocycles. The second-order valence-electron chi connectivity index (χ2n) is 11.6. The van der Waals surface area contributed by atoms with Crippen LogP contribution >= 0.6 is 45.2 Å². The predicted octanol–water partition coefficient (Wildman–Crippen LogP) is 6.96. The number of sulfone groups is 1. The van der Waals surface area contributed by atoms with Gasteiger partial charge in [-0.1, -0.05) is 18.2 Å². The molecule has 44 heavy (non-hydrogen) atoms. The third-order valence-corrected chi connectivity index (χ3v) is 12.6.